The fraction of sp³-hybridized carbons (Fsp3) is 0.211. The zero-order valence-electron chi connectivity index (χ0n) is 14.3. The number of hydrogen-bond acceptors (Lipinski definition) is 5. The predicted molar refractivity (Wildman–Crippen MR) is 95.2 cm³/mol. The third-order valence-corrected chi connectivity index (χ3v) is 3.86. The number of nitrogens with zero attached hydrogens (tertiary/aromatic N) is 3. The van der Waals surface area contributed by atoms with E-state index in [-0.39, 0.29) is 5.91 Å². The minimum absolute atomic E-state index is 0.0922. The molecule has 128 valence electrons. The Labute approximate surface area is 146 Å². The van der Waals surface area contributed by atoms with Crippen molar-refractivity contribution in [2.24, 2.45) is 0 Å². The Morgan fingerprint density at radius 2 is 1.96 bits per heavy atom. The number of benzene rings is 1. The molecule has 25 heavy (non-hydrogen) atoms. The van der Waals surface area contributed by atoms with Crippen LogP contribution in [0.3, 0.4) is 0 Å². The van der Waals surface area contributed by atoms with E-state index < -0.39 is 0 Å². The summed E-state index contributed by atoms with van der Waals surface area (Å²) in [5, 5.41) is 2.62. The van der Waals surface area contributed by atoms with E-state index in [9.17, 15) is 4.79 Å². The summed E-state index contributed by atoms with van der Waals surface area (Å²) in [7, 11) is 1.62. The van der Waals surface area contributed by atoms with Gasteiger partial charge in [-0.05, 0) is 36.8 Å². The topological polar surface area (TPSA) is 71.3 Å². The van der Waals surface area contributed by atoms with Crippen molar-refractivity contribution in [1.82, 2.24) is 15.3 Å². The summed E-state index contributed by atoms with van der Waals surface area (Å²) in [4.78, 5) is 22.3. The number of aryl methyl sites for hydroxylation is 1. The minimum Gasteiger partial charge on any atom is -0.467 e. The molecule has 0 bridgehead atoms. The summed E-state index contributed by atoms with van der Waals surface area (Å²) >= 11 is 0. The number of hydrogen-bond donors (Lipinski definition) is 1. The van der Waals surface area contributed by atoms with Crippen molar-refractivity contribution in [3.8, 4) is 0 Å². The molecule has 0 radical (unpaired) electrons. The Bertz CT molecular complexity index is 829. The Morgan fingerprint density at radius 3 is 2.60 bits per heavy atom. The average Bonchev–Trinajstić information content (AvgIpc) is 3.14. The highest BCUT2D eigenvalue weighted by molar-refractivity contribution is 5.93. The van der Waals surface area contributed by atoms with Crippen LogP contribution in [0, 0.1) is 6.92 Å². The van der Waals surface area contributed by atoms with Crippen LogP contribution in [0.5, 0.6) is 0 Å². The molecule has 0 spiro atoms. The molecule has 3 rings (SSSR count). The summed E-state index contributed by atoms with van der Waals surface area (Å²) in [6.07, 6.45) is 3.23. The van der Waals surface area contributed by atoms with Crippen molar-refractivity contribution in [2.45, 2.75) is 20.0 Å². The third kappa shape index (κ3) is 4.23. The quantitative estimate of drug-likeness (QED) is 0.749. The number of carbonyl (C=O) groups excluding carboxylic acids is 1. The van der Waals surface area contributed by atoms with Crippen LogP contribution in [0.25, 0.3) is 0 Å². The van der Waals surface area contributed by atoms with Gasteiger partial charge in [0.25, 0.3) is 5.91 Å². The van der Waals surface area contributed by atoms with E-state index in [0.29, 0.717) is 18.7 Å². The van der Waals surface area contributed by atoms with Crippen molar-refractivity contribution >= 4 is 11.7 Å². The van der Waals surface area contributed by atoms with Gasteiger partial charge in [-0.3, -0.25) is 4.79 Å². The zero-order valence-corrected chi connectivity index (χ0v) is 14.3. The van der Waals surface area contributed by atoms with Crippen LogP contribution in [0.4, 0.5) is 5.82 Å². The first-order valence-electron chi connectivity index (χ1n) is 8.02. The maximum atomic E-state index is 11.7. The van der Waals surface area contributed by atoms with Crippen molar-refractivity contribution in [1.29, 1.82) is 0 Å². The van der Waals surface area contributed by atoms with E-state index in [1.165, 1.54) is 0 Å². The van der Waals surface area contributed by atoms with Crippen LogP contribution in [-0.2, 0) is 13.1 Å². The summed E-state index contributed by atoms with van der Waals surface area (Å²) in [5.74, 6) is 1.60. The van der Waals surface area contributed by atoms with Crippen molar-refractivity contribution < 1.29 is 9.21 Å². The summed E-state index contributed by atoms with van der Waals surface area (Å²) in [6.45, 7) is 3.18. The smallest absolute Gasteiger partial charge is 0.251 e. The highest BCUT2D eigenvalue weighted by Crippen LogP contribution is 2.19. The van der Waals surface area contributed by atoms with E-state index in [1.807, 2.05) is 49.4 Å². The molecule has 0 fully saturated rings. The molecule has 2 heterocycles. The van der Waals surface area contributed by atoms with Crippen molar-refractivity contribution in [3.05, 3.63) is 77.6 Å². The van der Waals surface area contributed by atoms with Gasteiger partial charge in [0.1, 0.15) is 17.9 Å². The molecular weight excluding hydrogens is 316 g/mol. The number of nitrogens with one attached hydrogen (secondary N) is 1. The van der Waals surface area contributed by atoms with Gasteiger partial charge in [0.05, 0.1) is 12.8 Å². The van der Waals surface area contributed by atoms with Crippen LogP contribution in [-0.4, -0.2) is 22.9 Å². The van der Waals surface area contributed by atoms with E-state index in [2.05, 4.69) is 20.2 Å². The van der Waals surface area contributed by atoms with Gasteiger partial charge in [-0.15, -0.1) is 0 Å². The zero-order chi connectivity index (χ0) is 17.6. The number of anilines is 1. The average molecular weight is 336 g/mol. The molecule has 0 saturated carbocycles. The van der Waals surface area contributed by atoms with Gasteiger partial charge < -0.3 is 14.6 Å². The number of amides is 1. The molecule has 0 aliphatic rings. The Balaban J connectivity index is 1.83. The van der Waals surface area contributed by atoms with Crippen LogP contribution < -0.4 is 10.2 Å². The molecule has 0 aliphatic heterocycles. The fourth-order valence-corrected chi connectivity index (χ4v) is 2.55. The predicted octanol–water partition coefficient (Wildman–Crippen LogP) is 2.94. The largest absolute Gasteiger partial charge is 0.467 e. The highest BCUT2D eigenvalue weighted by Gasteiger charge is 2.12. The molecule has 0 atom stereocenters. The Kier molecular flexibility index (Phi) is 5.09. The number of rotatable bonds is 6. The lowest BCUT2D eigenvalue weighted by atomic mass is 10.1. The summed E-state index contributed by atoms with van der Waals surface area (Å²) in [5.41, 5.74) is 2.63. The monoisotopic (exact) mass is 336 g/mol. The van der Waals surface area contributed by atoms with Gasteiger partial charge >= 0.3 is 0 Å². The van der Waals surface area contributed by atoms with Gasteiger partial charge in [0.15, 0.2) is 0 Å². The molecule has 0 aliphatic carbocycles. The van der Waals surface area contributed by atoms with Crippen LogP contribution in [0.15, 0.2) is 59.5 Å². The SMILES string of the molecule is CNC(=O)c1ccc(CN(Cc2ccco2)c2cc(C)ncn2)cc1. The minimum atomic E-state index is -0.0922. The molecule has 0 saturated heterocycles. The number of carbonyl (C=O) groups is 1. The fourth-order valence-electron chi connectivity index (χ4n) is 2.55. The normalized spacial score (nSPS) is 10.5. The van der Waals surface area contributed by atoms with Gasteiger partial charge in [0.2, 0.25) is 0 Å². The maximum Gasteiger partial charge on any atom is 0.251 e. The first-order chi connectivity index (χ1) is 12.2. The third-order valence-electron chi connectivity index (χ3n) is 3.86. The van der Waals surface area contributed by atoms with Crippen molar-refractivity contribution in [3.63, 3.8) is 0 Å². The molecule has 6 heteroatoms. The van der Waals surface area contributed by atoms with Gasteiger partial charge in [-0.1, -0.05) is 12.1 Å². The maximum absolute atomic E-state index is 11.7. The number of aromatic nitrogens is 2. The first-order valence-corrected chi connectivity index (χ1v) is 8.02. The highest BCUT2D eigenvalue weighted by atomic mass is 16.3. The van der Waals surface area contributed by atoms with E-state index in [4.69, 9.17) is 4.42 Å². The molecular formula is C19H20N4O2. The molecule has 1 aromatic carbocycles. The van der Waals surface area contributed by atoms with Gasteiger partial charge in [-0.25, -0.2) is 9.97 Å². The van der Waals surface area contributed by atoms with Crippen LogP contribution in [0.2, 0.25) is 0 Å². The second kappa shape index (κ2) is 7.61. The second-order valence-corrected chi connectivity index (χ2v) is 5.73. The Morgan fingerprint density at radius 1 is 1.16 bits per heavy atom. The Hall–Kier alpha value is -3.15. The molecule has 0 unspecified atom stereocenters. The summed E-state index contributed by atoms with van der Waals surface area (Å²) < 4.78 is 5.48. The van der Waals surface area contributed by atoms with Crippen molar-refractivity contribution in [2.75, 3.05) is 11.9 Å². The van der Waals surface area contributed by atoms with Crippen LogP contribution in [0.1, 0.15) is 27.4 Å². The lowest BCUT2D eigenvalue weighted by molar-refractivity contribution is 0.0963. The second-order valence-electron chi connectivity index (χ2n) is 5.73. The lowest BCUT2D eigenvalue weighted by Crippen LogP contribution is -2.23. The molecule has 1 amide bonds. The first kappa shape index (κ1) is 16.7. The lowest BCUT2D eigenvalue weighted by Gasteiger charge is -2.23. The molecule has 2 aromatic heterocycles. The molecule has 6 nitrogen and oxygen atoms in total. The molecule has 3 aromatic rings. The van der Waals surface area contributed by atoms with E-state index in [1.54, 1.807) is 19.6 Å². The standard InChI is InChI=1S/C19H20N4O2/c1-14-10-18(22-13-21-14)23(12-17-4-3-9-25-17)11-15-5-7-16(8-6-15)19(24)20-2/h3-10,13H,11-12H2,1-2H3,(H,20,24). The number of furan rings is 1. The van der Waals surface area contributed by atoms with E-state index >= 15 is 0 Å². The van der Waals surface area contributed by atoms with Gasteiger partial charge in [-0.2, -0.15) is 0 Å². The van der Waals surface area contributed by atoms with Crippen LogP contribution >= 0.6 is 0 Å². The van der Waals surface area contributed by atoms with E-state index in [0.717, 1.165) is 22.8 Å². The molecule has 1 N–H and O–H groups in total. The van der Waals surface area contributed by atoms with Gasteiger partial charge in [0, 0.05) is 30.9 Å². The summed E-state index contributed by atoms with van der Waals surface area (Å²) in [6, 6.07) is 13.3.